The Labute approximate surface area is 111 Å². The first-order valence-electron chi connectivity index (χ1n) is 5.68. The molecule has 98 valence electrons. The molecule has 1 saturated carbocycles. The van der Waals surface area contributed by atoms with Crippen LogP contribution in [0.25, 0.3) is 0 Å². The van der Waals surface area contributed by atoms with Gasteiger partial charge in [-0.25, -0.2) is 8.42 Å². The lowest BCUT2D eigenvalue weighted by Gasteiger charge is -2.18. The van der Waals surface area contributed by atoms with Crippen LogP contribution in [0.3, 0.4) is 0 Å². The monoisotopic (exact) mass is 287 g/mol. The summed E-state index contributed by atoms with van der Waals surface area (Å²) < 4.78 is 24.5. The highest BCUT2D eigenvalue weighted by Gasteiger charge is 2.35. The number of hydrogen-bond donors (Lipinski definition) is 1. The molecule has 0 aromatic heterocycles. The van der Waals surface area contributed by atoms with E-state index in [4.69, 9.17) is 17.3 Å². The Morgan fingerprint density at radius 1 is 1.28 bits per heavy atom. The first-order valence-corrected chi connectivity index (χ1v) is 7.60. The van der Waals surface area contributed by atoms with Crippen LogP contribution in [0.2, 0.25) is 5.02 Å². The van der Waals surface area contributed by atoms with E-state index in [9.17, 15) is 13.2 Å². The molecule has 1 aliphatic rings. The van der Waals surface area contributed by atoms with Crippen molar-refractivity contribution >= 4 is 27.2 Å². The minimum atomic E-state index is -3.60. The van der Waals surface area contributed by atoms with E-state index < -0.39 is 15.2 Å². The number of benzene rings is 1. The van der Waals surface area contributed by atoms with E-state index in [1.807, 2.05) is 0 Å². The first-order chi connectivity index (χ1) is 8.41. The maximum absolute atomic E-state index is 12.3. The van der Waals surface area contributed by atoms with Crippen LogP contribution in [-0.2, 0) is 14.6 Å². The molecule has 0 amide bonds. The molecular formula is C12H14ClNO3S. The van der Waals surface area contributed by atoms with E-state index >= 15 is 0 Å². The van der Waals surface area contributed by atoms with Crippen molar-refractivity contribution in [2.45, 2.75) is 29.5 Å². The molecule has 2 unspecified atom stereocenters. The lowest BCUT2D eigenvalue weighted by molar-refractivity contribution is -0.117. The second kappa shape index (κ2) is 4.99. The fourth-order valence-electron chi connectivity index (χ4n) is 2.16. The van der Waals surface area contributed by atoms with Gasteiger partial charge in [-0.15, -0.1) is 0 Å². The average molecular weight is 288 g/mol. The molecule has 0 radical (unpaired) electrons. The molecule has 4 nitrogen and oxygen atoms in total. The molecule has 0 aliphatic heterocycles. The summed E-state index contributed by atoms with van der Waals surface area (Å²) in [5.74, 6) is -0.195. The predicted octanol–water partition coefficient (Wildman–Crippen LogP) is 1.77. The molecule has 1 aliphatic carbocycles. The number of rotatable bonds is 3. The highest BCUT2D eigenvalue weighted by molar-refractivity contribution is 7.92. The summed E-state index contributed by atoms with van der Waals surface area (Å²) in [6.07, 6.45) is 1.23. The van der Waals surface area contributed by atoms with Gasteiger partial charge in [0.25, 0.3) is 0 Å². The summed E-state index contributed by atoms with van der Waals surface area (Å²) in [6.45, 7) is 0. The number of nitrogens with two attached hydrogens (primary N) is 1. The second-order valence-electron chi connectivity index (χ2n) is 4.51. The molecule has 2 N–H and O–H groups in total. The SMILES string of the molecule is NC(C1CCC(=O)C1)S(=O)(=O)c1ccc(Cl)cc1. The third kappa shape index (κ3) is 2.58. The summed E-state index contributed by atoms with van der Waals surface area (Å²) in [7, 11) is -3.60. The van der Waals surface area contributed by atoms with Crippen molar-refractivity contribution in [3.63, 3.8) is 0 Å². The van der Waals surface area contributed by atoms with Gasteiger partial charge < -0.3 is 5.73 Å². The highest BCUT2D eigenvalue weighted by Crippen LogP contribution is 2.29. The molecule has 0 saturated heterocycles. The maximum atomic E-state index is 12.3. The molecule has 0 heterocycles. The summed E-state index contributed by atoms with van der Waals surface area (Å²) in [5, 5.41) is -0.552. The molecule has 0 spiro atoms. The van der Waals surface area contributed by atoms with E-state index in [0.717, 1.165) is 0 Å². The van der Waals surface area contributed by atoms with Gasteiger partial charge in [-0.3, -0.25) is 4.79 Å². The first kappa shape index (κ1) is 13.5. The van der Waals surface area contributed by atoms with Crippen LogP contribution < -0.4 is 5.73 Å². The minimum Gasteiger partial charge on any atom is -0.315 e. The van der Waals surface area contributed by atoms with Crippen molar-refractivity contribution < 1.29 is 13.2 Å². The Hall–Kier alpha value is -0.910. The Balaban J connectivity index is 2.25. The number of carbonyl (C=O) groups is 1. The molecule has 18 heavy (non-hydrogen) atoms. The summed E-state index contributed by atoms with van der Waals surface area (Å²) in [4.78, 5) is 11.3. The normalized spacial score (nSPS) is 22.1. The molecule has 1 aromatic rings. The van der Waals surface area contributed by atoms with Gasteiger partial charge in [0.15, 0.2) is 9.84 Å². The van der Waals surface area contributed by atoms with Crippen molar-refractivity contribution in [2.24, 2.45) is 11.7 Å². The Bertz CT molecular complexity index is 553. The van der Waals surface area contributed by atoms with Crippen LogP contribution in [0, 0.1) is 5.92 Å². The lowest BCUT2D eigenvalue weighted by atomic mass is 10.1. The number of hydrogen-bond acceptors (Lipinski definition) is 4. The molecular weight excluding hydrogens is 274 g/mol. The van der Waals surface area contributed by atoms with Gasteiger partial charge in [0, 0.05) is 17.9 Å². The number of ketones is 1. The van der Waals surface area contributed by atoms with Crippen LogP contribution in [0.5, 0.6) is 0 Å². The van der Waals surface area contributed by atoms with Gasteiger partial charge in [-0.05, 0) is 36.6 Å². The second-order valence-corrected chi connectivity index (χ2v) is 7.05. The van der Waals surface area contributed by atoms with E-state index in [1.165, 1.54) is 24.3 Å². The van der Waals surface area contributed by atoms with Crippen molar-refractivity contribution in [3.05, 3.63) is 29.3 Å². The van der Waals surface area contributed by atoms with Crippen molar-refractivity contribution in [3.8, 4) is 0 Å². The van der Waals surface area contributed by atoms with E-state index in [-0.39, 0.29) is 23.0 Å². The van der Waals surface area contributed by atoms with Gasteiger partial charge in [0.05, 0.1) is 4.90 Å². The zero-order valence-electron chi connectivity index (χ0n) is 9.67. The topological polar surface area (TPSA) is 77.2 Å². The van der Waals surface area contributed by atoms with Crippen LogP contribution in [0.4, 0.5) is 0 Å². The van der Waals surface area contributed by atoms with E-state index in [0.29, 0.717) is 17.9 Å². The van der Waals surface area contributed by atoms with Crippen molar-refractivity contribution in [2.75, 3.05) is 0 Å². The molecule has 0 bridgehead atoms. The smallest absolute Gasteiger partial charge is 0.194 e. The Morgan fingerprint density at radius 3 is 2.39 bits per heavy atom. The summed E-state index contributed by atoms with van der Waals surface area (Å²) in [5.41, 5.74) is 5.82. The van der Waals surface area contributed by atoms with Crippen LogP contribution in [-0.4, -0.2) is 19.6 Å². The summed E-state index contributed by atoms with van der Waals surface area (Å²) in [6, 6.07) is 5.91. The fourth-order valence-corrected chi connectivity index (χ4v) is 3.85. The average Bonchev–Trinajstić information content (AvgIpc) is 2.75. The standard InChI is InChI=1S/C12H14ClNO3S/c13-9-2-5-11(6-3-9)18(16,17)12(14)8-1-4-10(15)7-8/h2-3,5-6,8,12H,1,4,7,14H2. The molecule has 2 rings (SSSR count). The van der Waals surface area contributed by atoms with E-state index in [2.05, 4.69) is 0 Å². The number of carbonyl (C=O) groups excluding carboxylic acids is 1. The Morgan fingerprint density at radius 2 is 1.89 bits per heavy atom. The highest BCUT2D eigenvalue weighted by atomic mass is 35.5. The molecule has 1 aromatic carbocycles. The minimum absolute atomic E-state index is 0.0850. The Kier molecular flexibility index (Phi) is 3.75. The quantitative estimate of drug-likeness (QED) is 0.919. The third-order valence-corrected chi connectivity index (χ3v) is 5.53. The van der Waals surface area contributed by atoms with Gasteiger partial charge in [0.1, 0.15) is 11.2 Å². The zero-order chi connectivity index (χ0) is 13.3. The third-order valence-electron chi connectivity index (χ3n) is 3.25. The zero-order valence-corrected chi connectivity index (χ0v) is 11.2. The molecule has 2 atom stereocenters. The van der Waals surface area contributed by atoms with Crippen LogP contribution >= 0.6 is 11.6 Å². The fraction of sp³-hybridized carbons (Fsp3) is 0.417. The van der Waals surface area contributed by atoms with Gasteiger partial charge in [0.2, 0.25) is 0 Å². The lowest BCUT2D eigenvalue weighted by Crippen LogP contribution is -2.37. The van der Waals surface area contributed by atoms with Crippen LogP contribution in [0.15, 0.2) is 29.2 Å². The maximum Gasteiger partial charge on any atom is 0.194 e. The van der Waals surface area contributed by atoms with Crippen molar-refractivity contribution in [1.29, 1.82) is 0 Å². The van der Waals surface area contributed by atoms with Gasteiger partial charge >= 0.3 is 0 Å². The molecule has 1 fully saturated rings. The van der Waals surface area contributed by atoms with Crippen LogP contribution in [0.1, 0.15) is 19.3 Å². The number of sulfone groups is 1. The van der Waals surface area contributed by atoms with Gasteiger partial charge in [-0.1, -0.05) is 11.6 Å². The van der Waals surface area contributed by atoms with E-state index in [1.54, 1.807) is 0 Å². The predicted molar refractivity (Wildman–Crippen MR) is 69.0 cm³/mol. The van der Waals surface area contributed by atoms with Gasteiger partial charge in [-0.2, -0.15) is 0 Å². The summed E-state index contributed by atoms with van der Waals surface area (Å²) >= 11 is 5.72. The van der Waals surface area contributed by atoms with Crippen molar-refractivity contribution in [1.82, 2.24) is 0 Å². The number of halogens is 1. The molecule has 6 heteroatoms. The number of Topliss-reactive ketones (excluding diaryl/α,β-unsaturated/α-hetero) is 1. The largest absolute Gasteiger partial charge is 0.315 e.